The second kappa shape index (κ2) is 5.95. The zero-order valence-electron chi connectivity index (χ0n) is 13.6. The Bertz CT molecular complexity index is 752. The van der Waals surface area contributed by atoms with Crippen LogP contribution < -0.4 is 0 Å². The molecule has 1 saturated heterocycles. The monoisotopic (exact) mass is 305 g/mol. The Hall–Kier alpha value is -1.90. The summed E-state index contributed by atoms with van der Waals surface area (Å²) in [5.41, 5.74) is 7.79. The van der Waals surface area contributed by atoms with Gasteiger partial charge in [-0.1, -0.05) is 54.1 Å². The van der Waals surface area contributed by atoms with Crippen LogP contribution in [0.25, 0.3) is 5.57 Å². The summed E-state index contributed by atoms with van der Waals surface area (Å²) in [4.78, 5) is 2.40. The van der Waals surface area contributed by atoms with Gasteiger partial charge in [-0.2, -0.15) is 0 Å². The molecule has 1 unspecified atom stereocenters. The molecule has 0 bridgehead atoms. The SMILES string of the molecule is CN1CCC(=C2c3ccccc3CC(O)c3ccccc32)CC1. The summed E-state index contributed by atoms with van der Waals surface area (Å²) in [7, 11) is 2.19. The van der Waals surface area contributed by atoms with Gasteiger partial charge in [-0.25, -0.2) is 0 Å². The van der Waals surface area contributed by atoms with Crippen LogP contribution in [0.15, 0.2) is 54.1 Å². The minimum atomic E-state index is -0.420. The number of nitrogens with zero attached hydrogens (tertiary/aromatic N) is 1. The molecule has 23 heavy (non-hydrogen) atoms. The Balaban J connectivity index is 1.96. The Morgan fingerprint density at radius 3 is 2.35 bits per heavy atom. The molecule has 1 heterocycles. The van der Waals surface area contributed by atoms with Crippen molar-refractivity contribution in [1.29, 1.82) is 0 Å². The second-order valence-electron chi connectivity index (χ2n) is 6.75. The van der Waals surface area contributed by atoms with Crippen molar-refractivity contribution in [3.8, 4) is 0 Å². The molecule has 0 aromatic heterocycles. The number of hydrogen-bond acceptors (Lipinski definition) is 2. The molecule has 2 aromatic carbocycles. The number of benzene rings is 2. The van der Waals surface area contributed by atoms with Gasteiger partial charge in [0.05, 0.1) is 6.10 Å². The van der Waals surface area contributed by atoms with Gasteiger partial charge in [0.25, 0.3) is 0 Å². The van der Waals surface area contributed by atoms with E-state index in [4.69, 9.17) is 0 Å². The van der Waals surface area contributed by atoms with Gasteiger partial charge in [0.2, 0.25) is 0 Å². The average Bonchev–Trinajstić information content (AvgIpc) is 2.70. The molecule has 1 N–H and O–H groups in total. The molecule has 1 aliphatic carbocycles. The molecule has 2 aromatic rings. The Kier molecular flexibility index (Phi) is 3.80. The standard InChI is InChI=1S/C21H23NO/c1-22-12-10-15(11-13-22)21-17-7-3-2-6-16(17)14-20(23)18-8-4-5-9-19(18)21/h2-9,20,23H,10-14H2,1H3. The third kappa shape index (κ3) is 2.62. The van der Waals surface area contributed by atoms with Gasteiger partial charge >= 0.3 is 0 Å². The maximum atomic E-state index is 10.7. The lowest BCUT2D eigenvalue weighted by Crippen LogP contribution is -2.27. The summed E-state index contributed by atoms with van der Waals surface area (Å²) in [6.45, 7) is 2.23. The third-order valence-corrected chi connectivity index (χ3v) is 5.23. The van der Waals surface area contributed by atoms with E-state index in [-0.39, 0.29) is 0 Å². The minimum Gasteiger partial charge on any atom is -0.388 e. The fourth-order valence-electron chi connectivity index (χ4n) is 3.94. The number of hydrogen-bond donors (Lipinski definition) is 1. The lowest BCUT2D eigenvalue weighted by atomic mass is 9.86. The topological polar surface area (TPSA) is 23.5 Å². The van der Waals surface area contributed by atoms with Crippen LogP contribution in [0, 0.1) is 0 Å². The average molecular weight is 305 g/mol. The van der Waals surface area contributed by atoms with Crippen molar-refractivity contribution in [1.82, 2.24) is 4.90 Å². The van der Waals surface area contributed by atoms with Crippen LogP contribution in [0.4, 0.5) is 0 Å². The first-order chi connectivity index (χ1) is 11.2. The Labute approximate surface area is 138 Å². The van der Waals surface area contributed by atoms with Crippen LogP contribution in [0.2, 0.25) is 0 Å². The molecule has 2 nitrogen and oxygen atoms in total. The van der Waals surface area contributed by atoms with Crippen LogP contribution in [0.5, 0.6) is 0 Å². The van der Waals surface area contributed by atoms with Gasteiger partial charge in [-0.05, 0) is 47.7 Å². The summed E-state index contributed by atoms with van der Waals surface area (Å²) >= 11 is 0. The lowest BCUT2D eigenvalue weighted by molar-refractivity contribution is 0.179. The van der Waals surface area contributed by atoms with Crippen LogP contribution >= 0.6 is 0 Å². The highest BCUT2D eigenvalue weighted by atomic mass is 16.3. The Morgan fingerprint density at radius 2 is 1.57 bits per heavy atom. The third-order valence-electron chi connectivity index (χ3n) is 5.23. The number of piperidine rings is 1. The predicted octanol–water partition coefficient (Wildman–Crippen LogP) is 3.80. The molecule has 0 saturated carbocycles. The second-order valence-corrected chi connectivity index (χ2v) is 6.75. The fraction of sp³-hybridized carbons (Fsp3) is 0.333. The van der Waals surface area contributed by atoms with Gasteiger partial charge in [0.15, 0.2) is 0 Å². The van der Waals surface area contributed by atoms with Crippen LogP contribution in [0.3, 0.4) is 0 Å². The molecular weight excluding hydrogens is 282 g/mol. The summed E-state index contributed by atoms with van der Waals surface area (Å²) in [5, 5.41) is 10.7. The number of fused-ring (bicyclic) bond motifs is 2. The predicted molar refractivity (Wildman–Crippen MR) is 94.3 cm³/mol. The molecular formula is C21H23NO. The first-order valence-corrected chi connectivity index (χ1v) is 8.50. The largest absolute Gasteiger partial charge is 0.388 e. The van der Waals surface area contributed by atoms with Crippen molar-refractivity contribution in [2.75, 3.05) is 20.1 Å². The number of aliphatic hydroxyl groups is 1. The summed E-state index contributed by atoms with van der Waals surface area (Å²) in [6.07, 6.45) is 2.51. The zero-order chi connectivity index (χ0) is 15.8. The van der Waals surface area contributed by atoms with Crippen molar-refractivity contribution in [3.05, 3.63) is 76.4 Å². The molecule has 2 heteroatoms. The van der Waals surface area contributed by atoms with Crippen LogP contribution in [-0.4, -0.2) is 30.1 Å². The normalized spacial score (nSPS) is 21.6. The summed E-state index contributed by atoms with van der Waals surface area (Å²) in [5.74, 6) is 0. The van der Waals surface area contributed by atoms with Gasteiger partial charge in [-0.3, -0.25) is 0 Å². The van der Waals surface area contributed by atoms with Crippen molar-refractivity contribution in [2.24, 2.45) is 0 Å². The summed E-state index contributed by atoms with van der Waals surface area (Å²) < 4.78 is 0. The van der Waals surface area contributed by atoms with Crippen molar-refractivity contribution in [3.63, 3.8) is 0 Å². The van der Waals surface area contributed by atoms with E-state index in [1.54, 1.807) is 0 Å². The molecule has 118 valence electrons. The number of likely N-dealkylation sites (tertiary alicyclic amines) is 1. The lowest BCUT2D eigenvalue weighted by Gasteiger charge is -2.27. The molecule has 1 fully saturated rings. The smallest absolute Gasteiger partial charge is 0.0836 e. The molecule has 0 radical (unpaired) electrons. The van der Waals surface area contributed by atoms with Crippen LogP contribution in [0.1, 0.15) is 41.2 Å². The Morgan fingerprint density at radius 1 is 0.913 bits per heavy atom. The minimum absolute atomic E-state index is 0.420. The van der Waals surface area contributed by atoms with Gasteiger partial charge in [-0.15, -0.1) is 0 Å². The van der Waals surface area contributed by atoms with Crippen molar-refractivity contribution < 1.29 is 5.11 Å². The molecule has 0 spiro atoms. The maximum Gasteiger partial charge on any atom is 0.0836 e. The first-order valence-electron chi connectivity index (χ1n) is 8.50. The molecule has 4 rings (SSSR count). The first kappa shape index (κ1) is 14.7. The van der Waals surface area contributed by atoms with Crippen molar-refractivity contribution in [2.45, 2.75) is 25.4 Å². The molecule has 2 aliphatic rings. The number of aliphatic hydroxyl groups excluding tert-OH is 1. The van der Waals surface area contributed by atoms with E-state index < -0.39 is 6.10 Å². The van der Waals surface area contributed by atoms with E-state index in [1.165, 1.54) is 27.8 Å². The highest BCUT2D eigenvalue weighted by Gasteiger charge is 2.26. The maximum absolute atomic E-state index is 10.7. The highest BCUT2D eigenvalue weighted by molar-refractivity contribution is 5.86. The van der Waals surface area contributed by atoms with E-state index in [0.29, 0.717) is 6.42 Å². The van der Waals surface area contributed by atoms with E-state index in [9.17, 15) is 5.11 Å². The van der Waals surface area contributed by atoms with E-state index >= 15 is 0 Å². The van der Waals surface area contributed by atoms with Gasteiger partial charge in [0, 0.05) is 19.5 Å². The van der Waals surface area contributed by atoms with Crippen LogP contribution in [-0.2, 0) is 6.42 Å². The quantitative estimate of drug-likeness (QED) is 0.800. The van der Waals surface area contributed by atoms with Crippen molar-refractivity contribution >= 4 is 5.57 Å². The van der Waals surface area contributed by atoms with Gasteiger partial charge in [0.1, 0.15) is 0 Å². The number of rotatable bonds is 0. The van der Waals surface area contributed by atoms with E-state index in [2.05, 4.69) is 54.4 Å². The highest BCUT2D eigenvalue weighted by Crippen LogP contribution is 2.41. The fourth-order valence-corrected chi connectivity index (χ4v) is 3.94. The van der Waals surface area contributed by atoms with E-state index in [1.807, 2.05) is 6.07 Å². The van der Waals surface area contributed by atoms with Gasteiger partial charge < -0.3 is 10.0 Å². The molecule has 0 amide bonds. The molecule has 1 aliphatic heterocycles. The summed E-state index contributed by atoms with van der Waals surface area (Å²) in [6, 6.07) is 17.0. The zero-order valence-corrected chi connectivity index (χ0v) is 13.6. The molecule has 1 atom stereocenters. The van der Waals surface area contributed by atoms with E-state index in [0.717, 1.165) is 31.5 Å².